The molecule has 0 fully saturated rings. The van der Waals surface area contributed by atoms with E-state index in [-0.39, 0.29) is 0 Å². The van der Waals surface area contributed by atoms with Gasteiger partial charge in [0.25, 0.3) is 0 Å². The Balaban J connectivity index is 3.17. The Kier molecular flexibility index (Phi) is 4.49. The second-order valence-corrected chi connectivity index (χ2v) is 3.05. The topological polar surface area (TPSA) is 49.9 Å². The van der Waals surface area contributed by atoms with Crippen LogP contribution in [0.15, 0.2) is 0 Å². The normalized spacial score (nSPS) is 13.3. The highest BCUT2D eigenvalue weighted by atomic mass is 32.2. The summed E-state index contributed by atoms with van der Waals surface area (Å²) in [4.78, 5) is 0. The maximum Gasteiger partial charge on any atom is 0.0451 e. The molecule has 0 spiro atoms. The maximum atomic E-state index is 7.01. The van der Waals surface area contributed by atoms with Gasteiger partial charge in [-0.1, -0.05) is 22.9 Å². The highest BCUT2D eigenvalue weighted by molar-refractivity contribution is 8.11. The molecule has 42 valence electrons. The highest BCUT2D eigenvalue weighted by Gasteiger charge is 1.81. The summed E-state index contributed by atoms with van der Waals surface area (Å²) in [5.41, 5.74) is 5.13. The van der Waals surface area contributed by atoms with Crippen LogP contribution in [0.25, 0.3) is 0 Å². The van der Waals surface area contributed by atoms with E-state index in [2.05, 4.69) is 12.2 Å². The lowest BCUT2D eigenvalue weighted by Gasteiger charge is -1.89. The van der Waals surface area contributed by atoms with Crippen molar-refractivity contribution in [1.29, 1.82) is 4.78 Å². The molecule has 0 amide bonds. The van der Waals surface area contributed by atoms with Crippen LogP contribution in [0, 0.1) is 4.78 Å². The van der Waals surface area contributed by atoms with Crippen LogP contribution in [0.2, 0.25) is 0 Å². The van der Waals surface area contributed by atoms with Crippen LogP contribution in [0.4, 0.5) is 0 Å². The Morgan fingerprint density at radius 3 is 2.57 bits per heavy atom. The van der Waals surface area contributed by atoms with E-state index >= 15 is 0 Å². The lowest BCUT2D eigenvalue weighted by Crippen LogP contribution is -2.08. The zero-order valence-electron chi connectivity index (χ0n) is 3.89. The molecular weight excluding hydrogens is 128 g/mol. The fourth-order valence-electron chi connectivity index (χ4n) is 0.175. The molecule has 0 aliphatic rings. The standard InChI is InChI=1S/C3H8N2S2/c4-1-2-7(5)3-6/h3,5H,1-2,4H2. The number of thiocarbonyl (C=S) groups is 1. The molecule has 0 aliphatic heterocycles. The van der Waals surface area contributed by atoms with Crippen LogP contribution in [0.5, 0.6) is 0 Å². The molecule has 7 heavy (non-hydrogen) atoms. The molecule has 0 rings (SSSR count). The predicted molar refractivity (Wildman–Crippen MR) is 37.7 cm³/mol. The number of hydrogen-bond donors (Lipinski definition) is 2. The maximum absolute atomic E-state index is 7.01. The lowest BCUT2D eigenvalue weighted by atomic mass is 10.8. The van der Waals surface area contributed by atoms with E-state index in [1.165, 1.54) is 4.70 Å². The highest BCUT2D eigenvalue weighted by Crippen LogP contribution is 1.73. The van der Waals surface area contributed by atoms with Gasteiger partial charge >= 0.3 is 0 Å². The molecule has 4 heteroatoms. The van der Waals surface area contributed by atoms with Crippen molar-refractivity contribution in [2.24, 2.45) is 5.73 Å². The number of nitrogens with two attached hydrogens (primary N) is 1. The van der Waals surface area contributed by atoms with Crippen molar-refractivity contribution < 1.29 is 0 Å². The third kappa shape index (κ3) is 4.04. The monoisotopic (exact) mass is 136 g/mol. The fourth-order valence-corrected chi connectivity index (χ4v) is 0.814. The minimum absolute atomic E-state index is 0.462. The van der Waals surface area contributed by atoms with Gasteiger partial charge in [0.2, 0.25) is 0 Å². The molecule has 0 aliphatic carbocycles. The molecule has 0 bridgehead atoms. The van der Waals surface area contributed by atoms with E-state index in [1.54, 1.807) is 0 Å². The molecular formula is C3H8N2S2. The van der Waals surface area contributed by atoms with Crippen LogP contribution < -0.4 is 5.73 Å². The number of nitrogens with one attached hydrogen (secondary N) is 1. The molecule has 0 aromatic rings. The van der Waals surface area contributed by atoms with Crippen LogP contribution in [-0.4, -0.2) is 17.0 Å². The van der Waals surface area contributed by atoms with E-state index < -0.39 is 10.7 Å². The van der Waals surface area contributed by atoms with Crippen molar-refractivity contribution in [3.05, 3.63) is 0 Å². The molecule has 0 saturated heterocycles. The lowest BCUT2D eigenvalue weighted by molar-refractivity contribution is 1.15. The van der Waals surface area contributed by atoms with Crippen LogP contribution >= 0.6 is 12.2 Å². The summed E-state index contributed by atoms with van der Waals surface area (Å²) in [6.07, 6.45) is 0. The first-order valence-electron chi connectivity index (χ1n) is 1.87. The van der Waals surface area contributed by atoms with Crippen molar-refractivity contribution in [3.8, 4) is 0 Å². The first-order chi connectivity index (χ1) is 3.31. The molecule has 3 N–H and O–H groups in total. The van der Waals surface area contributed by atoms with Crippen LogP contribution in [0.1, 0.15) is 0 Å². The second-order valence-electron chi connectivity index (χ2n) is 1.02. The fraction of sp³-hybridized carbons (Fsp3) is 0.667. The minimum atomic E-state index is -0.462. The summed E-state index contributed by atoms with van der Waals surface area (Å²) in [7, 11) is -0.462. The molecule has 2 nitrogen and oxygen atoms in total. The zero-order valence-corrected chi connectivity index (χ0v) is 5.52. The van der Waals surface area contributed by atoms with E-state index in [0.29, 0.717) is 12.3 Å². The van der Waals surface area contributed by atoms with Gasteiger partial charge < -0.3 is 5.73 Å². The Bertz CT molecular complexity index is 81.0. The van der Waals surface area contributed by atoms with Crippen molar-refractivity contribution in [2.75, 3.05) is 12.3 Å². The molecule has 0 saturated carbocycles. The Labute approximate surface area is 51.0 Å². The van der Waals surface area contributed by atoms with Crippen molar-refractivity contribution >= 4 is 27.6 Å². The van der Waals surface area contributed by atoms with Crippen molar-refractivity contribution in [1.82, 2.24) is 0 Å². The summed E-state index contributed by atoms with van der Waals surface area (Å²) >= 11 is 4.48. The molecule has 1 unspecified atom stereocenters. The van der Waals surface area contributed by atoms with Gasteiger partial charge in [-0.25, -0.2) is 0 Å². The molecule has 1 atom stereocenters. The van der Waals surface area contributed by atoms with Gasteiger partial charge in [0.1, 0.15) is 0 Å². The van der Waals surface area contributed by atoms with Gasteiger partial charge in [0.05, 0.1) is 0 Å². The Morgan fingerprint density at radius 1 is 1.86 bits per heavy atom. The van der Waals surface area contributed by atoms with Gasteiger partial charge in [-0.05, 0) is 0 Å². The van der Waals surface area contributed by atoms with Crippen molar-refractivity contribution in [3.63, 3.8) is 0 Å². The van der Waals surface area contributed by atoms with Gasteiger partial charge in [-0.2, -0.15) is 0 Å². The molecule has 0 aromatic carbocycles. The molecule has 0 radical (unpaired) electrons. The Morgan fingerprint density at radius 2 is 2.43 bits per heavy atom. The van der Waals surface area contributed by atoms with Gasteiger partial charge in [-0.15, -0.1) is 0 Å². The molecule has 0 aromatic heterocycles. The van der Waals surface area contributed by atoms with E-state index in [1.807, 2.05) is 0 Å². The van der Waals surface area contributed by atoms with E-state index in [9.17, 15) is 0 Å². The number of rotatable bonds is 3. The smallest absolute Gasteiger partial charge is 0.0451 e. The average molecular weight is 136 g/mol. The number of hydrogen-bond acceptors (Lipinski definition) is 3. The third-order valence-corrected chi connectivity index (χ3v) is 2.06. The first-order valence-corrected chi connectivity index (χ1v) is 3.80. The SMILES string of the molecule is N=S(C=S)CCN. The third-order valence-electron chi connectivity index (χ3n) is 0.454. The second kappa shape index (κ2) is 4.36. The van der Waals surface area contributed by atoms with Gasteiger partial charge in [-0.3, -0.25) is 4.78 Å². The minimum Gasteiger partial charge on any atom is -0.330 e. The van der Waals surface area contributed by atoms with Gasteiger partial charge in [0, 0.05) is 17.0 Å². The predicted octanol–water partition coefficient (Wildman–Crippen LogP) is 0.283. The average Bonchev–Trinajstić information content (AvgIpc) is 1.68. The summed E-state index contributed by atoms with van der Waals surface area (Å²) in [5, 5.41) is 0. The largest absolute Gasteiger partial charge is 0.330 e. The first kappa shape index (κ1) is 7.20. The van der Waals surface area contributed by atoms with Gasteiger partial charge in [0.15, 0.2) is 0 Å². The van der Waals surface area contributed by atoms with Crippen LogP contribution in [-0.2, 0) is 10.7 Å². The zero-order chi connectivity index (χ0) is 5.70. The Hall–Kier alpha value is 0.200. The summed E-state index contributed by atoms with van der Waals surface area (Å²) < 4.78 is 8.46. The van der Waals surface area contributed by atoms with Crippen molar-refractivity contribution in [2.45, 2.75) is 0 Å². The van der Waals surface area contributed by atoms with E-state index in [0.717, 1.165) is 0 Å². The van der Waals surface area contributed by atoms with E-state index in [4.69, 9.17) is 10.5 Å². The van der Waals surface area contributed by atoms with Crippen LogP contribution in [0.3, 0.4) is 0 Å². The summed E-state index contributed by atoms with van der Waals surface area (Å²) in [6, 6.07) is 0. The summed E-state index contributed by atoms with van der Waals surface area (Å²) in [6.45, 7) is 0.569. The quantitative estimate of drug-likeness (QED) is 0.548. The summed E-state index contributed by atoms with van der Waals surface area (Å²) in [5.74, 6) is 0.712. The molecule has 0 heterocycles.